The normalized spacial score (nSPS) is 25.7. The highest BCUT2D eigenvalue weighted by molar-refractivity contribution is 5.60. The van der Waals surface area contributed by atoms with Crippen LogP contribution < -0.4 is 10.1 Å². The summed E-state index contributed by atoms with van der Waals surface area (Å²) in [6.07, 6.45) is 2.43. The van der Waals surface area contributed by atoms with Crippen molar-refractivity contribution in [1.82, 2.24) is 4.90 Å². The number of fused-ring (bicyclic) bond motifs is 3. The summed E-state index contributed by atoms with van der Waals surface area (Å²) < 4.78 is 11.7. The molecule has 4 nitrogen and oxygen atoms in total. The Morgan fingerprint density at radius 3 is 2.00 bits per heavy atom. The van der Waals surface area contributed by atoms with Gasteiger partial charge in [-0.25, -0.2) is 0 Å². The Labute approximate surface area is 216 Å². The van der Waals surface area contributed by atoms with E-state index in [0.29, 0.717) is 5.92 Å². The quantitative estimate of drug-likeness (QED) is 0.387. The van der Waals surface area contributed by atoms with Crippen molar-refractivity contribution in [2.75, 3.05) is 32.6 Å². The molecule has 0 aliphatic carbocycles. The smallest absolute Gasteiger partial charge is 0.141 e. The Balaban J connectivity index is 1.62. The Morgan fingerprint density at radius 1 is 0.889 bits per heavy atom. The number of methoxy groups -OCH3 is 2. The van der Waals surface area contributed by atoms with Crippen LogP contribution in [0.2, 0.25) is 0 Å². The second kappa shape index (κ2) is 9.91. The average Bonchev–Trinajstić information content (AvgIpc) is 2.92. The number of ether oxygens (including phenoxy) is 2. The van der Waals surface area contributed by atoms with Crippen LogP contribution in [0.25, 0.3) is 0 Å². The van der Waals surface area contributed by atoms with Gasteiger partial charge in [0.05, 0.1) is 18.4 Å². The molecule has 3 aromatic carbocycles. The van der Waals surface area contributed by atoms with Gasteiger partial charge in [0, 0.05) is 24.6 Å². The molecule has 3 heterocycles. The number of hydrogen-bond donors (Lipinski definition) is 1. The minimum absolute atomic E-state index is 0.109. The van der Waals surface area contributed by atoms with Crippen molar-refractivity contribution in [3.05, 3.63) is 95.6 Å². The van der Waals surface area contributed by atoms with Crippen molar-refractivity contribution in [2.45, 2.75) is 56.7 Å². The molecule has 0 amide bonds. The van der Waals surface area contributed by atoms with E-state index in [1.807, 2.05) is 0 Å². The molecular formula is C32H40N2O2. The van der Waals surface area contributed by atoms with E-state index in [0.717, 1.165) is 30.1 Å². The zero-order valence-electron chi connectivity index (χ0n) is 22.3. The minimum atomic E-state index is -0.377. The third kappa shape index (κ3) is 4.31. The van der Waals surface area contributed by atoms with Crippen LogP contribution in [0, 0.1) is 5.92 Å². The first-order chi connectivity index (χ1) is 17.4. The van der Waals surface area contributed by atoms with E-state index in [2.05, 4.69) is 110 Å². The van der Waals surface area contributed by atoms with E-state index < -0.39 is 0 Å². The van der Waals surface area contributed by atoms with E-state index in [1.54, 1.807) is 14.2 Å². The molecule has 190 valence electrons. The van der Waals surface area contributed by atoms with Crippen LogP contribution in [0.5, 0.6) is 5.75 Å². The fourth-order valence-electron chi connectivity index (χ4n) is 6.65. The van der Waals surface area contributed by atoms with Crippen molar-refractivity contribution in [3.63, 3.8) is 0 Å². The SMILES string of the molecule is COc1ccc(C(C)(C)OC)cc1N[C@H]1C2CCN(CC2)[C@@]1(C)C(c1ccccc1)c1ccccc1. The lowest BCUT2D eigenvalue weighted by Gasteiger charge is -2.61. The lowest BCUT2D eigenvalue weighted by molar-refractivity contribution is -0.0401. The molecule has 2 atom stereocenters. The largest absolute Gasteiger partial charge is 0.495 e. The average molecular weight is 485 g/mol. The first-order valence-corrected chi connectivity index (χ1v) is 13.2. The molecule has 0 unspecified atom stereocenters. The third-order valence-electron chi connectivity index (χ3n) is 8.89. The summed E-state index contributed by atoms with van der Waals surface area (Å²) in [4.78, 5) is 2.74. The van der Waals surface area contributed by atoms with Gasteiger partial charge in [0.2, 0.25) is 0 Å². The maximum atomic E-state index is 5.85. The molecule has 6 rings (SSSR count). The summed E-state index contributed by atoms with van der Waals surface area (Å²) in [7, 11) is 3.53. The third-order valence-corrected chi connectivity index (χ3v) is 8.89. The van der Waals surface area contributed by atoms with Crippen LogP contribution in [0.4, 0.5) is 5.69 Å². The highest BCUT2D eigenvalue weighted by Crippen LogP contribution is 2.51. The van der Waals surface area contributed by atoms with Gasteiger partial charge in [0.1, 0.15) is 5.75 Å². The summed E-state index contributed by atoms with van der Waals surface area (Å²) in [5.41, 5.74) is 4.43. The number of piperidine rings is 3. The second-order valence-corrected chi connectivity index (χ2v) is 11.1. The van der Waals surface area contributed by atoms with E-state index in [1.165, 1.54) is 24.0 Å². The van der Waals surface area contributed by atoms with Crippen LogP contribution in [-0.2, 0) is 10.3 Å². The molecule has 0 aromatic heterocycles. The van der Waals surface area contributed by atoms with Crippen LogP contribution in [-0.4, -0.2) is 43.8 Å². The van der Waals surface area contributed by atoms with Gasteiger partial charge in [0.15, 0.2) is 0 Å². The molecule has 3 aliphatic heterocycles. The van der Waals surface area contributed by atoms with Crippen LogP contribution in [0.3, 0.4) is 0 Å². The topological polar surface area (TPSA) is 33.7 Å². The number of benzene rings is 3. The summed E-state index contributed by atoms with van der Waals surface area (Å²) in [5.74, 6) is 1.71. The molecular weight excluding hydrogens is 444 g/mol. The number of nitrogens with zero attached hydrogens (tertiary/aromatic N) is 1. The highest BCUT2D eigenvalue weighted by Gasteiger charge is 2.55. The number of hydrogen-bond acceptors (Lipinski definition) is 4. The maximum absolute atomic E-state index is 5.85. The van der Waals surface area contributed by atoms with E-state index in [4.69, 9.17) is 9.47 Å². The van der Waals surface area contributed by atoms with Gasteiger partial charge in [-0.1, -0.05) is 66.7 Å². The second-order valence-electron chi connectivity index (χ2n) is 11.1. The molecule has 3 aromatic rings. The van der Waals surface area contributed by atoms with Gasteiger partial charge in [-0.3, -0.25) is 4.90 Å². The van der Waals surface area contributed by atoms with Crippen molar-refractivity contribution < 1.29 is 9.47 Å². The van der Waals surface area contributed by atoms with Crippen molar-refractivity contribution >= 4 is 5.69 Å². The number of anilines is 1. The van der Waals surface area contributed by atoms with Crippen LogP contribution in [0.15, 0.2) is 78.9 Å². The van der Waals surface area contributed by atoms with Crippen molar-refractivity contribution in [3.8, 4) is 5.75 Å². The molecule has 3 aliphatic rings. The Bertz CT molecular complexity index is 1120. The maximum Gasteiger partial charge on any atom is 0.141 e. The van der Waals surface area contributed by atoms with Gasteiger partial charge in [-0.05, 0) is 81.4 Å². The standard InChI is InChI=1S/C32H40N2O2/c1-31(2,36-5)26-16-17-28(35-4)27(22-26)33-30-25-18-20-34(21-19-25)32(30,3)29(23-12-8-6-9-13-23)24-14-10-7-11-15-24/h6-17,22,25,29-30,33H,18-21H2,1-5H3/t30-,32-/m0/s1. The monoisotopic (exact) mass is 484 g/mol. The zero-order chi connectivity index (χ0) is 25.3. The molecule has 0 saturated carbocycles. The van der Waals surface area contributed by atoms with Gasteiger partial charge in [-0.15, -0.1) is 0 Å². The molecule has 1 N–H and O–H groups in total. The number of nitrogens with one attached hydrogen (secondary N) is 1. The molecule has 0 spiro atoms. The van der Waals surface area contributed by atoms with Crippen molar-refractivity contribution in [1.29, 1.82) is 0 Å². The van der Waals surface area contributed by atoms with Crippen LogP contribution in [0.1, 0.15) is 56.2 Å². The molecule has 0 radical (unpaired) electrons. The fourth-order valence-corrected chi connectivity index (χ4v) is 6.65. The summed E-state index contributed by atoms with van der Waals surface area (Å²) in [6.45, 7) is 8.98. The molecule has 4 heteroatoms. The molecule has 36 heavy (non-hydrogen) atoms. The first kappa shape index (κ1) is 24.9. The van der Waals surface area contributed by atoms with E-state index in [9.17, 15) is 0 Å². The fraction of sp³-hybridized carbons (Fsp3) is 0.438. The van der Waals surface area contributed by atoms with Crippen molar-refractivity contribution in [2.24, 2.45) is 5.92 Å². The van der Waals surface area contributed by atoms with E-state index >= 15 is 0 Å². The van der Waals surface area contributed by atoms with Gasteiger partial charge < -0.3 is 14.8 Å². The zero-order valence-corrected chi connectivity index (χ0v) is 22.3. The van der Waals surface area contributed by atoms with Gasteiger partial charge >= 0.3 is 0 Å². The van der Waals surface area contributed by atoms with E-state index in [-0.39, 0.29) is 23.1 Å². The highest BCUT2D eigenvalue weighted by atomic mass is 16.5. The van der Waals surface area contributed by atoms with Crippen LogP contribution >= 0.6 is 0 Å². The lowest BCUT2D eigenvalue weighted by atomic mass is 9.62. The van der Waals surface area contributed by atoms with Gasteiger partial charge in [-0.2, -0.15) is 0 Å². The Kier molecular flexibility index (Phi) is 6.84. The molecule has 2 bridgehead atoms. The first-order valence-electron chi connectivity index (χ1n) is 13.2. The number of rotatable bonds is 8. The predicted octanol–water partition coefficient (Wildman–Crippen LogP) is 6.67. The van der Waals surface area contributed by atoms with Gasteiger partial charge in [0.25, 0.3) is 0 Å². The lowest BCUT2D eigenvalue weighted by Crippen LogP contribution is -2.70. The molecule has 3 saturated heterocycles. The molecule has 3 fully saturated rings. The Hall–Kier alpha value is -2.82. The summed E-state index contributed by atoms with van der Waals surface area (Å²) in [5, 5.41) is 4.06. The Morgan fingerprint density at radius 2 is 1.47 bits per heavy atom. The summed E-state index contributed by atoms with van der Waals surface area (Å²) >= 11 is 0. The predicted molar refractivity (Wildman–Crippen MR) is 148 cm³/mol. The minimum Gasteiger partial charge on any atom is -0.495 e. The summed E-state index contributed by atoms with van der Waals surface area (Å²) in [6, 6.07) is 28.8.